The third-order valence-corrected chi connectivity index (χ3v) is 5.29. The molecule has 0 saturated heterocycles. The van der Waals surface area contributed by atoms with Gasteiger partial charge < -0.3 is 0 Å². The molecule has 0 bridgehead atoms. The van der Waals surface area contributed by atoms with E-state index >= 15 is 0 Å². The number of allylic oxidation sites excluding steroid dienone is 2. The normalized spacial score (nSPS) is 11.3. The monoisotopic (exact) mass is 443 g/mol. The Balaban J connectivity index is 1.64. The summed E-state index contributed by atoms with van der Waals surface area (Å²) in [4.78, 5) is 25.3. The number of aromatic amines is 1. The first-order chi connectivity index (χ1) is 16.1. The van der Waals surface area contributed by atoms with Gasteiger partial charge in [0.25, 0.3) is 5.91 Å². The first kappa shape index (κ1) is 22.1. The van der Waals surface area contributed by atoms with Crippen molar-refractivity contribution in [3.05, 3.63) is 82.6 Å². The maximum Gasteiger partial charge on any atom is 0.353 e. The average molecular weight is 444 g/mol. The molecule has 4 rings (SSSR count). The number of benzene rings is 2. The third kappa shape index (κ3) is 4.72. The number of rotatable bonds is 8. The minimum Gasteiger partial charge on any atom is -0.274 e. The minimum absolute atomic E-state index is 0.281. The van der Waals surface area contributed by atoms with Crippen LogP contribution < -0.4 is 5.69 Å². The summed E-state index contributed by atoms with van der Waals surface area (Å²) in [6.07, 6.45) is 5.25. The molecule has 168 valence electrons. The zero-order chi connectivity index (χ0) is 23.2. The van der Waals surface area contributed by atoms with E-state index in [1.807, 2.05) is 74.5 Å². The zero-order valence-electron chi connectivity index (χ0n) is 18.6. The Morgan fingerprint density at radius 3 is 2.52 bits per heavy atom. The molecule has 0 aliphatic rings. The summed E-state index contributed by atoms with van der Waals surface area (Å²) < 4.78 is 2.56. The second-order valence-electron chi connectivity index (χ2n) is 7.59. The van der Waals surface area contributed by atoms with Gasteiger partial charge in [-0.2, -0.15) is 5.21 Å². The van der Waals surface area contributed by atoms with Crippen LogP contribution in [0.4, 0.5) is 0 Å². The van der Waals surface area contributed by atoms with Crippen LogP contribution in [0.25, 0.3) is 22.5 Å². The van der Waals surface area contributed by atoms with Crippen LogP contribution in [0, 0.1) is 0 Å². The number of hydrogen-bond donors (Lipinski definition) is 1. The van der Waals surface area contributed by atoms with Gasteiger partial charge in [-0.3, -0.25) is 9.36 Å². The summed E-state index contributed by atoms with van der Waals surface area (Å²) >= 11 is 0. The van der Waals surface area contributed by atoms with Crippen LogP contribution in [-0.2, 0) is 13.0 Å². The van der Waals surface area contributed by atoms with Crippen molar-refractivity contribution in [2.24, 2.45) is 0 Å². The first-order valence-electron chi connectivity index (χ1n) is 10.9. The highest BCUT2D eigenvalue weighted by atomic mass is 16.2. The molecule has 0 aliphatic heterocycles. The van der Waals surface area contributed by atoms with Gasteiger partial charge in [0.1, 0.15) is 5.82 Å². The van der Waals surface area contributed by atoms with E-state index in [0.717, 1.165) is 26.9 Å². The largest absolute Gasteiger partial charge is 0.353 e. The quantitative estimate of drug-likeness (QED) is 0.417. The molecular formula is C24H25N7O2. The van der Waals surface area contributed by atoms with Crippen molar-refractivity contribution >= 4 is 5.91 Å². The Morgan fingerprint density at radius 2 is 1.85 bits per heavy atom. The molecule has 0 atom stereocenters. The summed E-state index contributed by atoms with van der Waals surface area (Å²) in [5.74, 6) is 0.810. The second-order valence-corrected chi connectivity index (χ2v) is 7.59. The van der Waals surface area contributed by atoms with Crippen molar-refractivity contribution in [3.63, 3.8) is 0 Å². The zero-order valence-corrected chi connectivity index (χ0v) is 18.6. The van der Waals surface area contributed by atoms with Crippen LogP contribution in [-0.4, -0.2) is 40.9 Å². The SMILES string of the molecule is CC=CCc1nn(C(=O)CCC)c(=O)n1Cc1ccc(-c2ccccc2-c2nn[nH]n2)cc1. The third-order valence-electron chi connectivity index (χ3n) is 5.29. The summed E-state index contributed by atoms with van der Waals surface area (Å²) in [5.41, 5.74) is 3.38. The lowest BCUT2D eigenvalue weighted by molar-refractivity contribution is 0.0880. The highest BCUT2D eigenvalue weighted by Gasteiger charge is 2.17. The molecule has 2 heterocycles. The molecular weight excluding hydrogens is 418 g/mol. The van der Waals surface area contributed by atoms with E-state index < -0.39 is 5.69 Å². The Hall–Kier alpha value is -4.14. The fourth-order valence-corrected chi connectivity index (χ4v) is 3.63. The number of nitrogens with one attached hydrogen (secondary N) is 1. The second kappa shape index (κ2) is 9.99. The van der Waals surface area contributed by atoms with Gasteiger partial charge in [0.15, 0.2) is 0 Å². The first-order valence-corrected chi connectivity index (χ1v) is 10.9. The molecule has 4 aromatic rings. The molecule has 0 aliphatic carbocycles. The Bertz CT molecular complexity index is 1320. The van der Waals surface area contributed by atoms with Gasteiger partial charge in [0, 0.05) is 18.4 Å². The van der Waals surface area contributed by atoms with Crippen molar-refractivity contribution in [3.8, 4) is 22.5 Å². The number of carbonyl (C=O) groups excluding carboxylic acids is 1. The van der Waals surface area contributed by atoms with Crippen LogP contribution in [0.1, 0.15) is 42.9 Å². The van der Waals surface area contributed by atoms with Gasteiger partial charge in [-0.25, -0.2) is 4.79 Å². The molecule has 0 fully saturated rings. The number of hydrogen-bond acceptors (Lipinski definition) is 6. The fraction of sp³-hybridized carbons (Fsp3) is 0.250. The maximum atomic E-state index is 12.9. The molecule has 9 heteroatoms. The molecule has 0 saturated carbocycles. The predicted octanol–water partition coefficient (Wildman–Crippen LogP) is 3.50. The molecule has 0 unspecified atom stereocenters. The van der Waals surface area contributed by atoms with Gasteiger partial charge >= 0.3 is 5.69 Å². The molecule has 33 heavy (non-hydrogen) atoms. The lowest BCUT2D eigenvalue weighted by Crippen LogP contribution is -2.30. The van der Waals surface area contributed by atoms with E-state index in [9.17, 15) is 9.59 Å². The van der Waals surface area contributed by atoms with Gasteiger partial charge in [-0.05, 0) is 35.2 Å². The summed E-state index contributed by atoms with van der Waals surface area (Å²) in [6, 6.07) is 15.8. The van der Waals surface area contributed by atoms with E-state index in [1.165, 1.54) is 0 Å². The van der Waals surface area contributed by atoms with Crippen molar-refractivity contribution in [2.75, 3.05) is 0 Å². The van der Waals surface area contributed by atoms with Crippen LogP contribution >= 0.6 is 0 Å². The predicted molar refractivity (Wildman–Crippen MR) is 125 cm³/mol. The van der Waals surface area contributed by atoms with Crippen molar-refractivity contribution < 1.29 is 4.79 Å². The minimum atomic E-state index is -0.403. The molecule has 2 aromatic heterocycles. The number of tetrazole rings is 1. The number of H-pyrrole nitrogens is 1. The molecule has 0 radical (unpaired) electrons. The van der Waals surface area contributed by atoms with E-state index in [1.54, 1.807) is 4.57 Å². The van der Waals surface area contributed by atoms with E-state index in [0.29, 0.717) is 31.0 Å². The summed E-state index contributed by atoms with van der Waals surface area (Å²) in [5, 5.41) is 18.6. The molecule has 1 N–H and O–H groups in total. The number of carbonyl (C=O) groups is 1. The maximum absolute atomic E-state index is 12.9. The average Bonchev–Trinajstić information content (AvgIpc) is 3.48. The standard InChI is InChI=1S/C24H25N7O2/c1-3-5-11-21-27-31(22(32)8-4-2)24(33)30(21)16-17-12-14-18(15-13-17)19-9-6-7-10-20(19)23-25-28-29-26-23/h3,5-7,9-10,12-15H,4,8,11,16H2,1-2H3,(H,25,26,28,29). The van der Waals surface area contributed by atoms with Crippen molar-refractivity contribution in [1.82, 2.24) is 35.0 Å². The Labute approximate surface area is 190 Å². The molecule has 9 nitrogen and oxygen atoms in total. The highest BCUT2D eigenvalue weighted by Crippen LogP contribution is 2.29. The summed E-state index contributed by atoms with van der Waals surface area (Å²) in [6.45, 7) is 4.14. The number of aromatic nitrogens is 7. The van der Waals surface area contributed by atoms with Crippen molar-refractivity contribution in [2.45, 2.75) is 39.7 Å². The van der Waals surface area contributed by atoms with Gasteiger partial charge in [-0.1, -0.05) is 67.6 Å². The van der Waals surface area contributed by atoms with E-state index in [4.69, 9.17) is 0 Å². The van der Waals surface area contributed by atoms with Crippen LogP contribution in [0.15, 0.2) is 65.5 Å². The number of nitrogens with zero attached hydrogens (tertiary/aromatic N) is 6. The molecule has 0 spiro atoms. The molecule has 0 amide bonds. The Kier molecular flexibility index (Phi) is 6.68. The highest BCUT2D eigenvalue weighted by molar-refractivity contribution is 5.80. The smallest absolute Gasteiger partial charge is 0.274 e. The van der Waals surface area contributed by atoms with Crippen LogP contribution in [0.5, 0.6) is 0 Å². The van der Waals surface area contributed by atoms with Gasteiger partial charge in [0.05, 0.1) is 6.54 Å². The fourth-order valence-electron chi connectivity index (χ4n) is 3.63. The Morgan fingerprint density at radius 1 is 1.09 bits per heavy atom. The van der Waals surface area contributed by atoms with Gasteiger partial charge in [-0.15, -0.1) is 20.0 Å². The lowest BCUT2D eigenvalue weighted by atomic mass is 9.98. The van der Waals surface area contributed by atoms with E-state index in [2.05, 4.69) is 25.7 Å². The lowest BCUT2D eigenvalue weighted by Gasteiger charge is -2.09. The van der Waals surface area contributed by atoms with Gasteiger partial charge in [0.2, 0.25) is 5.82 Å². The molecule has 2 aromatic carbocycles. The van der Waals surface area contributed by atoms with E-state index in [-0.39, 0.29) is 12.3 Å². The topological polar surface area (TPSA) is 111 Å². The van der Waals surface area contributed by atoms with Crippen LogP contribution in [0.3, 0.4) is 0 Å². The summed E-state index contributed by atoms with van der Waals surface area (Å²) in [7, 11) is 0. The van der Waals surface area contributed by atoms with Crippen LogP contribution in [0.2, 0.25) is 0 Å². The van der Waals surface area contributed by atoms with Crippen molar-refractivity contribution in [1.29, 1.82) is 0 Å².